The predicted molar refractivity (Wildman–Crippen MR) is 109 cm³/mol. The minimum Gasteiger partial charge on any atom is -0.294 e. The highest BCUT2D eigenvalue weighted by Gasteiger charge is 2.29. The van der Waals surface area contributed by atoms with Gasteiger partial charge in [-0.2, -0.15) is 0 Å². The lowest BCUT2D eigenvalue weighted by Gasteiger charge is -2.41. The summed E-state index contributed by atoms with van der Waals surface area (Å²) >= 11 is 0. The second-order valence-electron chi connectivity index (χ2n) is 7.55. The standard InChI is InChI=1S/C24H29N/c1-5-24(2,3)25(4)23(18-19-12-7-6-8-13-19)22-17-11-15-20-14-9-10-16-21(20)22/h6-17,23H,5,18H2,1-4H3. The molecule has 0 heterocycles. The summed E-state index contributed by atoms with van der Waals surface area (Å²) in [5.41, 5.74) is 2.96. The zero-order valence-electron chi connectivity index (χ0n) is 15.9. The highest BCUT2D eigenvalue weighted by Crippen LogP contribution is 2.35. The Morgan fingerprint density at radius 1 is 0.840 bits per heavy atom. The number of rotatable bonds is 6. The number of likely N-dealkylation sites (N-methyl/N-ethyl adjacent to an activating group) is 1. The molecule has 0 aromatic heterocycles. The van der Waals surface area contributed by atoms with Gasteiger partial charge in [0.05, 0.1) is 0 Å². The maximum atomic E-state index is 2.56. The van der Waals surface area contributed by atoms with E-state index in [4.69, 9.17) is 0 Å². The predicted octanol–water partition coefficient (Wildman–Crippen LogP) is 6.24. The van der Waals surface area contributed by atoms with Crippen LogP contribution in [0.15, 0.2) is 72.8 Å². The van der Waals surface area contributed by atoms with Gasteiger partial charge in [0.1, 0.15) is 0 Å². The van der Waals surface area contributed by atoms with Gasteiger partial charge in [0.25, 0.3) is 0 Å². The molecule has 3 aromatic rings. The van der Waals surface area contributed by atoms with E-state index in [2.05, 4.69) is 106 Å². The zero-order chi connectivity index (χ0) is 17.9. The number of nitrogens with zero attached hydrogens (tertiary/aromatic N) is 1. The molecule has 1 nitrogen and oxygen atoms in total. The third-order valence-corrected chi connectivity index (χ3v) is 5.74. The Balaban J connectivity index is 2.09. The van der Waals surface area contributed by atoms with E-state index in [0.717, 1.165) is 12.8 Å². The highest BCUT2D eigenvalue weighted by atomic mass is 15.2. The molecule has 0 aliphatic carbocycles. The normalized spacial score (nSPS) is 13.3. The van der Waals surface area contributed by atoms with E-state index in [1.54, 1.807) is 0 Å². The molecule has 0 aliphatic rings. The fraction of sp³-hybridized carbons (Fsp3) is 0.333. The van der Waals surface area contributed by atoms with Gasteiger partial charge in [0.15, 0.2) is 0 Å². The van der Waals surface area contributed by atoms with E-state index >= 15 is 0 Å². The molecule has 0 radical (unpaired) electrons. The van der Waals surface area contributed by atoms with Crippen molar-refractivity contribution in [2.45, 2.75) is 45.2 Å². The third-order valence-electron chi connectivity index (χ3n) is 5.74. The molecule has 0 fully saturated rings. The first-order valence-corrected chi connectivity index (χ1v) is 9.27. The molecule has 130 valence electrons. The second-order valence-corrected chi connectivity index (χ2v) is 7.55. The highest BCUT2D eigenvalue weighted by molar-refractivity contribution is 5.86. The first-order chi connectivity index (χ1) is 12.0. The minimum atomic E-state index is 0.149. The van der Waals surface area contributed by atoms with Gasteiger partial charge in [-0.15, -0.1) is 0 Å². The van der Waals surface area contributed by atoms with E-state index in [0.29, 0.717) is 6.04 Å². The summed E-state index contributed by atoms with van der Waals surface area (Å²) in [5.74, 6) is 0. The van der Waals surface area contributed by atoms with E-state index in [1.165, 1.54) is 21.9 Å². The van der Waals surface area contributed by atoms with Crippen molar-refractivity contribution in [1.29, 1.82) is 0 Å². The Morgan fingerprint density at radius 2 is 1.48 bits per heavy atom. The van der Waals surface area contributed by atoms with Crippen LogP contribution in [0.5, 0.6) is 0 Å². The number of benzene rings is 3. The van der Waals surface area contributed by atoms with Gasteiger partial charge in [-0.1, -0.05) is 79.7 Å². The molecule has 0 amide bonds. The van der Waals surface area contributed by atoms with Crippen LogP contribution in [0.1, 0.15) is 44.4 Å². The van der Waals surface area contributed by atoms with Gasteiger partial charge in [-0.25, -0.2) is 0 Å². The maximum absolute atomic E-state index is 2.56. The van der Waals surface area contributed by atoms with Crippen LogP contribution in [0.2, 0.25) is 0 Å². The van der Waals surface area contributed by atoms with Gasteiger partial charge in [0.2, 0.25) is 0 Å². The molecule has 0 spiro atoms. The Kier molecular flexibility index (Phi) is 5.24. The van der Waals surface area contributed by atoms with Crippen molar-refractivity contribution in [2.24, 2.45) is 0 Å². The van der Waals surface area contributed by atoms with E-state index < -0.39 is 0 Å². The maximum Gasteiger partial charge on any atom is 0.0396 e. The van der Waals surface area contributed by atoms with Crippen LogP contribution in [0.3, 0.4) is 0 Å². The van der Waals surface area contributed by atoms with Crippen molar-refractivity contribution in [3.63, 3.8) is 0 Å². The molecule has 0 aliphatic heterocycles. The van der Waals surface area contributed by atoms with Crippen molar-refractivity contribution in [1.82, 2.24) is 4.90 Å². The van der Waals surface area contributed by atoms with Crippen LogP contribution >= 0.6 is 0 Å². The molecule has 1 unspecified atom stereocenters. The lowest BCUT2D eigenvalue weighted by molar-refractivity contribution is 0.0970. The SMILES string of the molecule is CCC(C)(C)N(C)C(Cc1ccccc1)c1cccc2ccccc12. The van der Waals surface area contributed by atoms with E-state index in [1.807, 2.05) is 0 Å². The first kappa shape index (κ1) is 17.7. The van der Waals surface area contributed by atoms with E-state index in [-0.39, 0.29) is 5.54 Å². The average Bonchev–Trinajstić information content (AvgIpc) is 2.66. The molecule has 3 aromatic carbocycles. The lowest BCUT2D eigenvalue weighted by atomic mass is 9.89. The summed E-state index contributed by atoms with van der Waals surface area (Å²) in [6, 6.07) is 26.7. The van der Waals surface area contributed by atoms with Crippen LogP contribution in [-0.4, -0.2) is 17.5 Å². The quantitative estimate of drug-likeness (QED) is 0.516. The van der Waals surface area contributed by atoms with Gasteiger partial charge < -0.3 is 0 Å². The van der Waals surface area contributed by atoms with Crippen LogP contribution in [0.25, 0.3) is 10.8 Å². The largest absolute Gasteiger partial charge is 0.294 e. The number of fused-ring (bicyclic) bond motifs is 1. The van der Waals surface area contributed by atoms with Gasteiger partial charge in [-0.3, -0.25) is 4.90 Å². The summed E-state index contributed by atoms with van der Waals surface area (Å²) in [4.78, 5) is 2.56. The average molecular weight is 332 g/mol. The fourth-order valence-corrected chi connectivity index (χ4v) is 3.51. The van der Waals surface area contributed by atoms with Crippen molar-refractivity contribution in [3.05, 3.63) is 83.9 Å². The smallest absolute Gasteiger partial charge is 0.0396 e. The summed E-state index contributed by atoms with van der Waals surface area (Å²) in [6.07, 6.45) is 2.15. The van der Waals surface area contributed by atoms with Crippen molar-refractivity contribution < 1.29 is 0 Å². The number of hydrogen-bond acceptors (Lipinski definition) is 1. The summed E-state index contributed by atoms with van der Waals surface area (Å²) in [7, 11) is 2.28. The third kappa shape index (κ3) is 3.77. The number of hydrogen-bond donors (Lipinski definition) is 0. The molecule has 1 atom stereocenters. The summed E-state index contributed by atoms with van der Waals surface area (Å²) in [5, 5.41) is 2.69. The zero-order valence-corrected chi connectivity index (χ0v) is 15.9. The summed E-state index contributed by atoms with van der Waals surface area (Å²) in [6.45, 7) is 6.96. The van der Waals surface area contributed by atoms with Crippen molar-refractivity contribution in [3.8, 4) is 0 Å². The van der Waals surface area contributed by atoms with Gasteiger partial charge >= 0.3 is 0 Å². The van der Waals surface area contributed by atoms with Crippen LogP contribution in [0, 0.1) is 0 Å². The van der Waals surface area contributed by atoms with Gasteiger partial charge in [-0.05, 0) is 55.6 Å². The van der Waals surface area contributed by atoms with Crippen LogP contribution in [-0.2, 0) is 6.42 Å². The van der Waals surface area contributed by atoms with E-state index in [9.17, 15) is 0 Å². The van der Waals surface area contributed by atoms with Crippen LogP contribution in [0.4, 0.5) is 0 Å². The van der Waals surface area contributed by atoms with Crippen molar-refractivity contribution in [2.75, 3.05) is 7.05 Å². The topological polar surface area (TPSA) is 3.24 Å². The van der Waals surface area contributed by atoms with Crippen LogP contribution < -0.4 is 0 Å². The first-order valence-electron chi connectivity index (χ1n) is 9.27. The molecule has 0 saturated heterocycles. The lowest BCUT2D eigenvalue weighted by Crippen LogP contribution is -2.43. The Bertz CT molecular complexity index is 814. The molecule has 0 bridgehead atoms. The second kappa shape index (κ2) is 7.41. The molecular weight excluding hydrogens is 302 g/mol. The molecule has 0 saturated carbocycles. The monoisotopic (exact) mass is 331 g/mol. The summed E-state index contributed by atoms with van der Waals surface area (Å²) < 4.78 is 0. The fourth-order valence-electron chi connectivity index (χ4n) is 3.51. The molecule has 3 rings (SSSR count). The molecule has 1 heteroatoms. The Hall–Kier alpha value is -2.12. The molecular formula is C24H29N. The molecule has 0 N–H and O–H groups in total. The molecule has 25 heavy (non-hydrogen) atoms. The Labute approximate surface area is 152 Å². The van der Waals surface area contributed by atoms with Gasteiger partial charge in [0, 0.05) is 11.6 Å². The minimum absolute atomic E-state index is 0.149. The Morgan fingerprint density at radius 3 is 2.20 bits per heavy atom. The van der Waals surface area contributed by atoms with Crippen molar-refractivity contribution >= 4 is 10.8 Å².